The van der Waals surface area contributed by atoms with Gasteiger partial charge in [-0.15, -0.1) is 11.8 Å². The van der Waals surface area contributed by atoms with Gasteiger partial charge in [0.25, 0.3) is 0 Å². The molecule has 1 aromatic carbocycles. The molecule has 0 spiro atoms. The van der Waals surface area contributed by atoms with Gasteiger partial charge in [-0.1, -0.05) is 0 Å². The molecule has 0 fully saturated rings. The molecule has 0 aliphatic heterocycles. The Kier molecular flexibility index (Phi) is 4.79. The van der Waals surface area contributed by atoms with Crippen molar-refractivity contribution in [2.75, 3.05) is 17.7 Å². The third kappa shape index (κ3) is 4.29. The van der Waals surface area contributed by atoms with Crippen molar-refractivity contribution in [3.63, 3.8) is 0 Å². The third-order valence-corrected chi connectivity index (χ3v) is 3.19. The summed E-state index contributed by atoms with van der Waals surface area (Å²) in [4.78, 5) is 16.4. The van der Waals surface area contributed by atoms with Gasteiger partial charge in [-0.2, -0.15) is 10.1 Å². The molecule has 7 heteroatoms. The van der Waals surface area contributed by atoms with Crippen LogP contribution in [0.2, 0.25) is 0 Å². The second-order valence-corrected chi connectivity index (χ2v) is 4.62. The predicted octanol–water partition coefficient (Wildman–Crippen LogP) is 1.93. The molecule has 6 nitrogen and oxygen atoms in total. The van der Waals surface area contributed by atoms with E-state index in [1.807, 2.05) is 31.2 Å². The minimum atomic E-state index is -0.129. The molecule has 0 aliphatic carbocycles. The summed E-state index contributed by atoms with van der Waals surface area (Å²) >= 11 is 1.45. The molecule has 100 valence electrons. The second kappa shape index (κ2) is 6.79. The number of nitrogens with one attached hydrogen (secondary N) is 2. The summed E-state index contributed by atoms with van der Waals surface area (Å²) in [6.07, 6.45) is 1.34. The highest BCUT2D eigenvalue weighted by atomic mass is 32.2. The zero-order valence-corrected chi connectivity index (χ0v) is 11.2. The van der Waals surface area contributed by atoms with Crippen LogP contribution in [0.3, 0.4) is 0 Å². The number of ether oxygens (including phenoxy) is 1. The summed E-state index contributed by atoms with van der Waals surface area (Å²) in [6, 6.07) is 7.63. The molecule has 0 radical (unpaired) electrons. The molecule has 2 rings (SSSR count). The Morgan fingerprint density at radius 3 is 2.84 bits per heavy atom. The first-order valence-electron chi connectivity index (χ1n) is 5.79. The molecule has 0 bridgehead atoms. The highest BCUT2D eigenvalue weighted by molar-refractivity contribution is 8.00. The molecule has 0 saturated heterocycles. The number of benzene rings is 1. The van der Waals surface area contributed by atoms with E-state index in [1.165, 1.54) is 18.1 Å². The first kappa shape index (κ1) is 13.4. The lowest BCUT2D eigenvalue weighted by molar-refractivity contribution is -0.113. The summed E-state index contributed by atoms with van der Waals surface area (Å²) in [7, 11) is 0. The number of anilines is 1. The van der Waals surface area contributed by atoms with Gasteiger partial charge in [0.1, 0.15) is 12.1 Å². The van der Waals surface area contributed by atoms with Crippen LogP contribution in [-0.4, -0.2) is 33.4 Å². The number of amides is 1. The van der Waals surface area contributed by atoms with Gasteiger partial charge in [0.15, 0.2) is 0 Å². The summed E-state index contributed by atoms with van der Waals surface area (Å²) in [6.45, 7) is 2.59. The van der Waals surface area contributed by atoms with Crippen LogP contribution in [0.5, 0.6) is 5.75 Å². The van der Waals surface area contributed by atoms with Crippen molar-refractivity contribution in [2.45, 2.75) is 11.8 Å². The Balaban J connectivity index is 1.79. The number of carbonyl (C=O) groups excluding carboxylic acids is 1. The molecule has 0 saturated carbocycles. The van der Waals surface area contributed by atoms with Crippen molar-refractivity contribution >= 4 is 23.6 Å². The van der Waals surface area contributed by atoms with E-state index in [1.54, 1.807) is 0 Å². The van der Waals surface area contributed by atoms with Crippen molar-refractivity contribution < 1.29 is 9.53 Å². The summed E-state index contributed by atoms with van der Waals surface area (Å²) < 4.78 is 5.35. The van der Waals surface area contributed by atoms with Crippen molar-refractivity contribution in [2.24, 2.45) is 0 Å². The lowest BCUT2D eigenvalue weighted by atomic mass is 10.3. The second-order valence-electron chi connectivity index (χ2n) is 3.58. The summed E-state index contributed by atoms with van der Waals surface area (Å²) in [5.74, 6) is 1.38. The van der Waals surface area contributed by atoms with Gasteiger partial charge in [-0.05, 0) is 31.2 Å². The van der Waals surface area contributed by atoms with E-state index in [0.29, 0.717) is 18.3 Å². The summed E-state index contributed by atoms with van der Waals surface area (Å²) in [5.41, 5.74) is 0. The lowest BCUT2D eigenvalue weighted by Gasteiger charge is -2.04. The van der Waals surface area contributed by atoms with Gasteiger partial charge in [0.05, 0.1) is 12.4 Å². The van der Waals surface area contributed by atoms with Crippen LogP contribution >= 0.6 is 11.8 Å². The van der Waals surface area contributed by atoms with Crippen LogP contribution in [0.15, 0.2) is 35.5 Å². The van der Waals surface area contributed by atoms with Crippen LogP contribution in [-0.2, 0) is 4.79 Å². The standard InChI is InChI=1S/C12H14N4O2S/c1-2-18-9-3-5-10(6-4-9)19-7-11(17)15-12-13-8-14-16-12/h3-6,8H,2,7H2,1H3,(H2,13,14,15,16,17). The van der Waals surface area contributed by atoms with E-state index in [4.69, 9.17) is 4.74 Å². The summed E-state index contributed by atoms with van der Waals surface area (Å²) in [5, 5.41) is 8.83. The number of H-pyrrole nitrogens is 1. The van der Waals surface area contributed by atoms with E-state index >= 15 is 0 Å². The molecule has 0 unspecified atom stereocenters. The SMILES string of the molecule is CCOc1ccc(SCC(=O)Nc2ncn[nH]2)cc1. The first-order chi connectivity index (χ1) is 9.28. The van der Waals surface area contributed by atoms with Crippen molar-refractivity contribution in [1.29, 1.82) is 0 Å². The number of rotatable bonds is 6. The topological polar surface area (TPSA) is 79.9 Å². The molecule has 19 heavy (non-hydrogen) atoms. The highest BCUT2D eigenvalue weighted by Gasteiger charge is 2.05. The van der Waals surface area contributed by atoms with Gasteiger partial charge < -0.3 is 4.74 Å². The van der Waals surface area contributed by atoms with E-state index in [2.05, 4.69) is 20.5 Å². The number of thioether (sulfide) groups is 1. The van der Waals surface area contributed by atoms with E-state index < -0.39 is 0 Å². The van der Waals surface area contributed by atoms with Gasteiger partial charge in [-0.25, -0.2) is 5.10 Å². The quantitative estimate of drug-likeness (QED) is 0.789. The molecule has 0 aliphatic rings. The fourth-order valence-corrected chi connectivity index (χ4v) is 2.08. The van der Waals surface area contributed by atoms with Crippen LogP contribution < -0.4 is 10.1 Å². The fraction of sp³-hybridized carbons (Fsp3) is 0.250. The lowest BCUT2D eigenvalue weighted by Crippen LogP contribution is -2.14. The Morgan fingerprint density at radius 2 is 2.21 bits per heavy atom. The van der Waals surface area contributed by atoms with Crippen molar-refractivity contribution in [3.8, 4) is 5.75 Å². The third-order valence-electron chi connectivity index (χ3n) is 2.18. The van der Waals surface area contributed by atoms with Gasteiger partial charge in [0, 0.05) is 4.90 Å². The number of hydrogen-bond acceptors (Lipinski definition) is 5. The van der Waals surface area contributed by atoms with E-state index in [9.17, 15) is 4.79 Å². The zero-order chi connectivity index (χ0) is 13.5. The predicted molar refractivity (Wildman–Crippen MR) is 73.3 cm³/mol. The maximum absolute atomic E-state index is 11.6. The highest BCUT2D eigenvalue weighted by Crippen LogP contribution is 2.21. The zero-order valence-electron chi connectivity index (χ0n) is 10.4. The van der Waals surface area contributed by atoms with Gasteiger partial charge >= 0.3 is 0 Å². The Bertz CT molecular complexity index is 513. The van der Waals surface area contributed by atoms with E-state index in [0.717, 1.165) is 10.6 Å². The largest absolute Gasteiger partial charge is 0.494 e. The monoisotopic (exact) mass is 278 g/mol. The fourth-order valence-electron chi connectivity index (χ4n) is 1.38. The molecule has 1 heterocycles. The Labute approximate surface area is 115 Å². The first-order valence-corrected chi connectivity index (χ1v) is 6.77. The number of aromatic nitrogens is 3. The van der Waals surface area contributed by atoms with Gasteiger partial charge in [0.2, 0.25) is 11.9 Å². The average molecular weight is 278 g/mol. The smallest absolute Gasteiger partial charge is 0.237 e. The number of carbonyl (C=O) groups is 1. The van der Waals surface area contributed by atoms with Crippen LogP contribution in [0.1, 0.15) is 6.92 Å². The molecule has 2 N–H and O–H groups in total. The van der Waals surface area contributed by atoms with Crippen LogP contribution in [0.25, 0.3) is 0 Å². The van der Waals surface area contributed by atoms with Crippen LogP contribution in [0.4, 0.5) is 5.95 Å². The minimum Gasteiger partial charge on any atom is -0.494 e. The molecule has 0 atom stereocenters. The van der Waals surface area contributed by atoms with E-state index in [-0.39, 0.29) is 5.91 Å². The molecule has 2 aromatic rings. The molecule has 1 amide bonds. The number of aromatic amines is 1. The Morgan fingerprint density at radius 1 is 1.42 bits per heavy atom. The minimum absolute atomic E-state index is 0.129. The number of nitrogens with zero attached hydrogens (tertiary/aromatic N) is 2. The van der Waals surface area contributed by atoms with Gasteiger partial charge in [-0.3, -0.25) is 10.1 Å². The molecular weight excluding hydrogens is 264 g/mol. The van der Waals surface area contributed by atoms with Crippen LogP contribution in [0, 0.1) is 0 Å². The Hall–Kier alpha value is -2.02. The number of hydrogen-bond donors (Lipinski definition) is 2. The molecular formula is C12H14N4O2S. The average Bonchev–Trinajstić information content (AvgIpc) is 2.91. The van der Waals surface area contributed by atoms with Crippen molar-refractivity contribution in [3.05, 3.63) is 30.6 Å². The molecule has 1 aromatic heterocycles. The van der Waals surface area contributed by atoms with Crippen molar-refractivity contribution in [1.82, 2.24) is 15.2 Å². The maximum atomic E-state index is 11.6. The maximum Gasteiger partial charge on any atom is 0.237 e. The normalized spacial score (nSPS) is 10.2.